The lowest BCUT2D eigenvalue weighted by Crippen LogP contribution is -2.01. The van der Waals surface area contributed by atoms with E-state index in [1.807, 2.05) is 41.7 Å². The van der Waals surface area contributed by atoms with E-state index in [-0.39, 0.29) is 6.61 Å². The molecule has 1 fully saturated rings. The number of rotatable bonds is 7. The summed E-state index contributed by atoms with van der Waals surface area (Å²) in [6.45, 7) is 2.03. The molecule has 6 rings (SSSR count). The molecule has 192 valence electrons. The number of benzene rings is 2. The Morgan fingerprint density at radius 3 is 2.45 bits per heavy atom. The fraction of sp³-hybridized carbons (Fsp3) is 0.241. The molecule has 0 saturated heterocycles. The van der Waals surface area contributed by atoms with Gasteiger partial charge in [0.15, 0.2) is 0 Å². The lowest BCUT2D eigenvalue weighted by atomic mass is 10.0. The van der Waals surface area contributed by atoms with Gasteiger partial charge < -0.3 is 15.2 Å². The molecular weight excluding hydrogens is 483 g/mol. The summed E-state index contributed by atoms with van der Waals surface area (Å²) >= 11 is 0. The predicted octanol–water partition coefficient (Wildman–Crippen LogP) is 6.24. The number of imidazole rings is 1. The van der Waals surface area contributed by atoms with Crippen LogP contribution in [0.1, 0.15) is 48.7 Å². The van der Waals surface area contributed by atoms with Crippen molar-refractivity contribution in [1.29, 1.82) is 0 Å². The van der Waals surface area contributed by atoms with E-state index in [0.717, 1.165) is 41.0 Å². The number of halogens is 1. The highest BCUT2D eigenvalue weighted by Gasteiger charge is 2.24. The molecule has 9 heteroatoms. The minimum atomic E-state index is -0.458. The fourth-order valence-electron chi connectivity index (χ4n) is 4.93. The van der Waals surface area contributed by atoms with E-state index in [0.29, 0.717) is 34.9 Å². The summed E-state index contributed by atoms with van der Waals surface area (Å²) in [7, 11) is 0. The molecule has 3 heterocycles. The third kappa shape index (κ3) is 4.87. The summed E-state index contributed by atoms with van der Waals surface area (Å²) in [6, 6.07) is 13.8. The number of hydrogen-bond acceptors (Lipinski definition) is 7. The summed E-state index contributed by atoms with van der Waals surface area (Å²) in [6.07, 6.45) is 9.82. The van der Waals surface area contributed by atoms with E-state index in [1.165, 1.54) is 25.0 Å². The van der Waals surface area contributed by atoms with E-state index < -0.39 is 5.82 Å². The fourth-order valence-corrected chi connectivity index (χ4v) is 4.93. The molecule has 0 atom stereocenters. The van der Waals surface area contributed by atoms with E-state index in [1.54, 1.807) is 24.7 Å². The predicted molar refractivity (Wildman–Crippen MR) is 142 cm³/mol. The second-order valence-electron chi connectivity index (χ2n) is 9.50. The van der Waals surface area contributed by atoms with Crippen molar-refractivity contribution in [1.82, 2.24) is 24.3 Å². The van der Waals surface area contributed by atoms with Crippen LogP contribution in [0.2, 0.25) is 0 Å². The summed E-state index contributed by atoms with van der Waals surface area (Å²) in [5.41, 5.74) is 10.0. The van der Waals surface area contributed by atoms with Crippen LogP contribution in [0.3, 0.4) is 0 Å². The second kappa shape index (κ2) is 10.1. The van der Waals surface area contributed by atoms with Crippen molar-refractivity contribution in [3.63, 3.8) is 0 Å². The van der Waals surface area contributed by atoms with Crippen LogP contribution in [-0.4, -0.2) is 24.3 Å². The van der Waals surface area contributed by atoms with Crippen molar-refractivity contribution >= 4 is 11.5 Å². The van der Waals surface area contributed by atoms with Crippen molar-refractivity contribution in [2.75, 3.05) is 5.73 Å². The molecular formula is C29H27FN6O2. The molecule has 0 bridgehead atoms. The third-order valence-corrected chi connectivity index (χ3v) is 6.78. The Bertz CT molecular complexity index is 1580. The van der Waals surface area contributed by atoms with Crippen LogP contribution >= 0.6 is 0 Å². The van der Waals surface area contributed by atoms with E-state index in [2.05, 4.69) is 15.0 Å². The van der Waals surface area contributed by atoms with Crippen LogP contribution in [0, 0.1) is 12.7 Å². The van der Waals surface area contributed by atoms with Gasteiger partial charge in [0.1, 0.15) is 41.3 Å². The number of anilines is 1. The number of ether oxygens (including phenoxy) is 2. The number of aromatic nitrogens is 5. The number of nitrogens with two attached hydrogens (primary N) is 1. The molecule has 1 aliphatic carbocycles. The van der Waals surface area contributed by atoms with Crippen molar-refractivity contribution < 1.29 is 13.9 Å². The van der Waals surface area contributed by atoms with Gasteiger partial charge in [-0.1, -0.05) is 12.8 Å². The number of hydrogen-bond donors (Lipinski definition) is 1. The summed E-state index contributed by atoms with van der Waals surface area (Å²) in [5, 5.41) is 0. The molecule has 2 aromatic carbocycles. The summed E-state index contributed by atoms with van der Waals surface area (Å²) in [4.78, 5) is 17.6. The zero-order valence-electron chi connectivity index (χ0n) is 21.0. The maximum absolute atomic E-state index is 14.3. The second-order valence-corrected chi connectivity index (χ2v) is 9.50. The third-order valence-electron chi connectivity index (χ3n) is 6.78. The Morgan fingerprint density at radius 1 is 0.947 bits per heavy atom. The molecule has 1 saturated carbocycles. The number of aryl methyl sites for hydroxylation is 1. The molecule has 5 aromatic rings. The van der Waals surface area contributed by atoms with Crippen molar-refractivity contribution in [2.24, 2.45) is 0 Å². The van der Waals surface area contributed by atoms with Crippen molar-refractivity contribution in [3.05, 3.63) is 90.0 Å². The largest absolute Gasteiger partial charge is 0.489 e. The Labute approximate surface area is 219 Å². The Kier molecular flexibility index (Phi) is 6.33. The van der Waals surface area contributed by atoms with Gasteiger partial charge in [0.05, 0.1) is 11.2 Å². The lowest BCUT2D eigenvalue weighted by molar-refractivity contribution is 0.301. The van der Waals surface area contributed by atoms with E-state index in [9.17, 15) is 4.39 Å². The number of nitrogens with zero attached hydrogens (tertiary/aromatic N) is 5. The summed E-state index contributed by atoms with van der Waals surface area (Å²) < 4.78 is 27.9. The Balaban J connectivity index is 1.22. The Hall–Kier alpha value is -4.53. The number of fused-ring (bicyclic) bond motifs is 1. The normalized spacial score (nSPS) is 13.7. The highest BCUT2D eigenvalue weighted by Crippen LogP contribution is 2.38. The maximum Gasteiger partial charge on any atom is 0.206 e. The van der Waals surface area contributed by atoms with Gasteiger partial charge in [-0.2, -0.15) is 0 Å². The smallest absolute Gasteiger partial charge is 0.206 e. The minimum Gasteiger partial charge on any atom is -0.489 e. The van der Waals surface area contributed by atoms with E-state index in [4.69, 9.17) is 20.2 Å². The van der Waals surface area contributed by atoms with Crippen LogP contribution in [0.5, 0.6) is 17.2 Å². The van der Waals surface area contributed by atoms with Gasteiger partial charge in [0.2, 0.25) is 5.95 Å². The number of nitrogen functional groups attached to an aromatic ring is 1. The van der Waals surface area contributed by atoms with Gasteiger partial charge in [-0.25, -0.2) is 24.3 Å². The van der Waals surface area contributed by atoms with Gasteiger partial charge in [-0.05, 0) is 50.1 Å². The quantitative estimate of drug-likeness (QED) is 0.276. The van der Waals surface area contributed by atoms with Crippen LogP contribution in [0.25, 0.3) is 16.9 Å². The molecule has 0 aliphatic heterocycles. The van der Waals surface area contributed by atoms with Crippen LogP contribution in [0.4, 0.5) is 10.3 Å². The highest BCUT2D eigenvalue weighted by molar-refractivity contribution is 5.69. The first-order chi connectivity index (χ1) is 18.5. The molecule has 0 unspecified atom stereocenters. The monoisotopic (exact) mass is 510 g/mol. The standard InChI is InChI=1S/C29H27FN6O2/c1-18-33-15-19(16-34-18)17-37-24-12-22(30)13-25(14-24)38-23-8-6-21(7-9-23)28-35-27(20-4-2-3-5-20)26-10-11-32-29(31)36(26)28/h6-16,20H,2-5,17H2,1H3,(H2,31,32). The van der Waals surface area contributed by atoms with Crippen LogP contribution in [-0.2, 0) is 6.61 Å². The highest BCUT2D eigenvalue weighted by atomic mass is 19.1. The zero-order valence-corrected chi connectivity index (χ0v) is 21.0. The Morgan fingerprint density at radius 2 is 1.68 bits per heavy atom. The van der Waals surface area contributed by atoms with Crippen LogP contribution < -0.4 is 15.2 Å². The van der Waals surface area contributed by atoms with Crippen molar-refractivity contribution in [3.8, 4) is 28.6 Å². The molecule has 0 spiro atoms. The molecule has 0 radical (unpaired) electrons. The molecule has 8 nitrogen and oxygen atoms in total. The van der Waals surface area contributed by atoms with Crippen molar-refractivity contribution in [2.45, 2.75) is 45.1 Å². The van der Waals surface area contributed by atoms with Gasteiger partial charge in [0, 0.05) is 53.8 Å². The molecule has 2 N–H and O–H groups in total. The minimum absolute atomic E-state index is 0.219. The van der Waals surface area contributed by atoms with E-state index >= 15 is 0 Å². The average molecular weight is 511 g/mol. The lowest BCUT2D eigenvalue weighted by Gasteiger charge is -2.10. The first-order valence-electron chi connectivity index (χ1n) is 12.7. The maximum atomic E-state index is 14.3. The first-order valence-corrected chi connectivity index (χ1v) is 12.7. The zero-order chi connectivity index (χ0) is 26.1. The van der Waals surface area contributed by atoms with Gasteiger partial charge in [-0.3, -0.25) is 4.40 Å². The first kappa shape index (κ1) is 23.8. The van der Waals surface area contributed by atoms with Gasteiger partial charge >= 0.3 is 0 Å². The molecule has 0 amide bonds. The topological polar surface area (TPSA) is 100 Å². The molecule has 38 heavy (non-hydrogen) atoms. The van der Waals surface area contributed by atoms with Gasteiger partial charge in [-0.15, -0.1) is 0 Å². The SMILES string of the molecule is Cc1ncc(COc2cc(F)cc(Oc3ccc(-c4nc(C5CCCC5)c5ccnc(N)n45)cc3)c2)cn1. The van der Waals surface area contributed by atoms with Gasteiger partial charge in [0.25, 0.3) is 0 Å². The molecule has 3 aromatic heterocycles. The average Bonchev–Trinajstić information content (AvgIpc) is 3.58. The van der Waals surface area contributed by atoms with Crippen LogP contribution in [0.15, 0.2) is 67.1 Å². The molecule has 1 aliphatic rings. The summed E-state index contributed by atoms with van der Waals surface area (Å²) in [5.74, 6) is 3.04.